The first kappa shape index (κ1) is 14.1. The Labute approximate surface area is 130 Å². The van der Waals surface area contributed by atoms with E-state index >= 15 is 0 Å². The van der Waals surface area contributed by atoms with Crippen molar-refractivity contribution in [3.8, 4) is 11.3 Å². The lowest BCUT2D eigenvalue weighted by Gasteiger charge is -2.11. The second-order valence-corrected chi connectivity index (χ2v) is 5.25. The highest BCUT2D eigenvalue weighted by Gasteiger charge is 2.03. The summed E-state index contributed by atoms with van der Waals surface area (Å²) in [4.78, 5) is 6.37. The molecule has 0 saturated carbocycles. The van der Waals surface area contributed by atoms with Crippen LogP contribution in [-0.2, 0) is 0 Å². The summed E-state index contributed by atoms with van der Waals surface area (Å²) >= 11 is 0. The Bertz CT molecular complexity index is 756. The fourth-order valence-electron chi connectivity index (χ4n) is 2.15. The van der Waals surface area contributed by atoms with Crippen molar-refractivity contribution in [2.24, 2.45) is 0 Å². The maximum Gasteiger partial charge on any atom is 0.219 e. The zero-order valence-corrected chi connectivity index (χ0v) is 12.7. The molecule has 1 aromatic heterocycles. The number of hydrogen-bond acceptors (Lipinski definition) is 3. The average Bonchev–Trinajstić information content (AvgIpc) is 3.03. The Kier molecular flexibility index (Phi) is 4.05. The molecule has 0 aliphatic rings. The minimum Gasteiger partial charge on any atom is -0.437 e. The summed E-state index contributed by atoms with van der Waals surface area (Å²) in [5, 5.41) is 0. The molecule has 0 amide bonds. The molecule has 0 bridgehead atoms. The van der Waals surface area contributed by atoms with Gasteiger partial charge in [0.05, 0.1) is 6.20 Å². The van der Waals surface area contributed by atoms with Gasteiger partial charge in [0.25, 0.3) is 0 Å². The first-order valence-electron chi connectivity index (χ1n) is 7.19. The summed E-state index contributed by atoms with van der Waals surface area (Å²) in [6.07, 6.45) is 5.64. The monoisotopic (exact) mass is 290 g/mol. The van der Waals surface area contributed by atoms with Gasteiger partial charge in [-0.15, -0.1) is 0 Å². The Hall–Kier alpha value is -2.81. The molecule has 3 heteroatoms. The number of oxazole rings is 1. The molecule has 0 atom stereocenters. The molecule has 0 fully saturated rings. The molecule has 0 unspecified atom stereocenters. The third kappa shape index (κ3) is 3.26. The van der Waals surface area contributed by atoms with E-state index in [1.165, 1.54) is 5.69 Å². The van der Waals surface area contributed by atoms with Gasteiger partial charge in [0.1, 0.15) is 0 Å². The highest BCUT2D eigenvalue weighted by atomic mass is 16.4. The highest BCUT2D eigenvalue weighted by molar-refractivity contribution is 5.68. The number of hydrogen-bond donors (Lipinski definition) is 0. The van der Waals surface area contributed by atoms with Gasteiger partial charge in [-0.05, 0) is 23.8 Å². The Balaban J connectivity index is 1.74. The van der Waals surface area contributed by atoms with Crippen molar-refractivity contribution in [2.45, 2.75) is 0 Å². The lowest BCUT2D eigenvalue weighted by molar-refractivity contribution is 0.560. The van der Waals surface area contributed by atoms with Crippen LogP contribution in [0.5, 0.6) is 0 Å². The van der Waals surface area contributed by atoms with Crippen molar-refractivity contribution in [1.29, 1.82) is 0 Å². The van der Waals surface area contributed by atoms with Gasteiger partial charge in [-0.2, -0.15) is 0 Å². The van der Waals surface area contributed by atoms with Gasteiger partial charge in [0.2, 0.25) is 5.89 Å². The molecule has 22 heavy (non-hydrogen) atoms. The lowest BCUT2D eigenvalue weighted by Crippen LogP contribution is -2.07. The molecule has 3 nitrogen and oxygen atoms in total. The lowest BCUT2D eigenvalue weighted by atomic mass is 10.2. The Morgan fingerprint density at radius 3 is 2.32 bits per heavy atom. The summed E-state index contributed by atoms with van der Waals surface area (Å²) in [6.45, 7) is 0. The summed E-state index contributed by atoms with van der Waals surface area (Å²) in [5.41, 5.74) is 3.33. The highest BCUT2D eigenvalue weighted by Crippen LogP contribution is 2.21. The van der Waals surface area contributed by atoms with Crippen LogP contribution in [0, 0.1) is 0 Å². The molecule has 3 rings (SSSR count). The number of benzene rings is 2. The van der Waals surface area contributed by atoms with E-state index in [0.717, 1.165) is 16.9 Å². The largest absolute Gasteiger partial charge is 0.437 e. The second-order valence-electron chi connectivity index (χ2n) is 5.25. The maximum atomic E-state index is 5.75. The summed E-state index contributed by atoms with van der Waals surface area (Å²) in [6, 6.07) is 18.3. The van der Waals surface area contributed by atoms with Gasteiger partial charge in [-0.25, -0.2) is 4.98 Å². The number of aromatic nitrogens is 1. The van der Waals surface area contributed by atoms with Crippen LogP contribution < -0.4 is 4.90 Å². The van der Waals surface area contributed by atoms with E-state index < -0.39 is 0 Å². The molecular formula is C19H18N2O. The van der Waals surface area contributed by atoms with Gasteiger partial charge in [0.15, 0.2) is 5.76 Å². The Morgan fingerprint density at radius 1 is 0.909 bits per heavy atom. The van der Waals surface area contributed by atoms with Gasteiger partial charge < -0.3 is 9.32 Å². The van der Waals surface area contributed by atoms with Crippen LogP contribution in [0.25, 0.3) is 23.5 Å². The van der Waals surface area contributed by atoms with Crippen molar-refractivity contribution in [3.63, 3.8) is 0 Å². The van der Waals surface area contributed by atoms with Crippen molar-refractivity contribution in [3.05, 3.63) is 72.2 Å². The van der Waals surface area contributed by atoms with E-state index in [4.69, 9.17) is 4.42 Å². The maximum absolute atomic E-state index is 5.75. The van der Waals surface area contributed by atoms with Crippen LogP contribution in [-0.4, -0.2) is 19.1 Å². The van der Waals surface area contributed by atoms with E-state index in [9.17, 15) is 0 Å². The molecule has 0 spiro atoms. The van der Waals surface area contributed by atoms with Crippen LogP contribution in [0.15, 0.2) is 65.2 Å². The molecule has 0 saturated heterocycles. The molecule has 1 heterocycles. The quantitative estimate of drug-likeness (QED) is 0.704. The molecule has 0 aliphatic carbocycles. The summed E-state index contributed by atoms with van der Waals surface area (Å²) < 4.78 is 5.75. The third-order valence-corrected chi connectivity index (χ3v) is 3.41. The number of rotatable bonds is 4. The number of nitrogens with zero attached hydrogens (tertiary/aromatic N) is 2. The minimum absolute atomic E-state index is 0.607. The standard InChI is InChI=1S/C19H18N2O/c1-21(2)17-11-8-15(9-12-17)10-13-19-20-14-18(22-19)16-6-4-3-5-7-16/h3-14H,1-2H3/b13-10+. The first-order chi connectivity index (χ1) is 10.7. The SMILES string of the molecule is CN(C)c1ccc(/C=C/c2ncc(-c3ccccc3)o2)cc1. The van der Waals surface area contributed by atoms with E-state index in [1.807, 2.05) is 56.6 Å². The van der Waals surface area contributed by atoms with Crippen LogP contribution in [0.3, 0.4) is 0 Å². The molecule has 3 aromatic rings. The molecule has 0 aliphatic heterocycles. The minimum atomic E-state index is 0.607. The van der Waals surface area contributed by atoms with E-state index in [2.05, 4.69) is 34.1 Å². The predicted molar refractivity (Wildman–Crippen MR) is 91.6 cm³/mol. The Morgan fingerprint density at radius 2 is 1.64 bits per heavy atom. The summed E-state index contributed by atoms with van der Waals surface area (Å²) in [7, 11) is 4.06. The zero-order valence-electron chi connectivity index (χ0n) is 12.7. The topological polar surface area (TPSA) is 29.3 Å². The molecule has 0 N–H and O–H groups in total. The molecule has 2 aromatic carbocycles. The van der Waals surface area contributed by atoms with E-state index in [1.54, 1.807) is 6.20 Å². The normalized spacial score (nSPS) is 11.0. The van der Waals surface area contributed by atoms with Crippen molar-refractivity contribution >= 4 is 17.8 Å². The first-order valence-corrected chi connectivity index (χ1v) is 7.19. The van der Waals surface area contributed by atoms with Crippen molar-refractivity contribution in [2.75, 3.05) is 19.0 Å². The summed E-state index contributed by atoms with van der Waals surface area (Å²) in [5.74, 6) is 1.39. The fourth-order valence-corrected chi connectivity index (χ4v) is 2.15. The van der Waals surface area contributed by atoms with Gasteiger partial charge in [-0.1, -0.05) is 42.5 Å². The third-order valence-electron chi connectivity index (χ3n) is 3.41. The van der Waals surface area contributed by atoms with E-state index in [-0.39, 0.29) is 0 Å². The molecular weight excluding hydrogens is 272 g/mol. The van der Waals surface area contributed by atoms with Gasteiger partial charge in [-0.3, -0.25) is 0 Å². The molecule has 0 radical (unpaired) electrons. The van der Waals surface area contributed by atoms with Crippen LogP contribution in [0.4, 0.5) is 5.69 Å². The van der Waals surface area contributed by atoms with Gasteiger partial charge in [0, 0.05) is 31.4 Å². The second kappa shape index (κ2) is 6.31. The van der Waals surface area contributed by atoms with Crippen molar-refractivity contribution in [1.82, 2.24) is 4.98 Å². The number of anilines is 1. The van der Waals surface area contributed by atoms with Crippen LogP contribution >= 0.6 is 0 Å². The average molecular weight is 290 g/mol. The van der Waals surface area contributed by atoms with Crippen molar-refractivity contribution < 1.29 is 4.42 Å². The zero-order chi connectivity index (χ0) is 15.4. The van der Waals surface area contributed by atoms with Crippen LogP contribution in [0.1, 0.15) is 11.5 Å². The smallest absolute Gasteiger partial charge is 0.219 e. The van der Waals surface area contributed by atoms with Gasteiger partial charge >= 0.3 is 0 Å². The van der Waals surface area contributed by atoms with Crippen LogP contribution in [0.2, 0.25) is 0 Å². The van der Waals surface area contributed by atoms with E-state index in [0.29, 0.717) is 5.89 Å². The molecule has 110 valence electrons. The predicted octanol–water partition coefficient (Wildman–Crippen LogP) is 4.58. The fraction of sp³-hybridized carbons (Fsp3) is 0.105.